The largest absolute Gasteiger partial charge is 0.462 e. The third-order valence-corrected chi connectivity index (χ3v) is 14.0. The molecule has 0 saturated heterocycles. The van der Waals surface area contributed by atoms with E-state index in [9.17, 15) is 4.79 Å². The highest BCUT2D eigenvalue weighted by molar-refractivity contribution is 5.69. The van der Waals surface area contributed by atoms with Crippen LogP contribution in [0, 0.1) is 46.3 Å². The summed E-state index contributed by atoms with van der Waals surface area (Å²) in [6.07, 6.45) is 35.4. The summed E-state index contributed by atoms with van der Waals surface area (Å²) in [4.78, 5) is 12.8. The first-order valence-electron chi connectivity index (χ1n) is 20.6. The van der Waals surface area contributed by atoms with Crippen LogP contribution in [-0.4, -0.2) is 12.1 Å². The first-order chi connectivity index (χ1) is 21.7. The average Bonchev–Trinajstić information content (AvgIpc) is 3.37. The lowest BCUT2D eigenvalue weighted by Gasteiger charge is -2.58. The van der Waals surface area contributed by atoms with Crippen LogP contribution in [0.25, 0.3) is 0 Å². The number of carbonyl (C=O) groups is 1. The van der Waals surface area contributed by atoms with Crippen molar-refractivity contribution in [3.8, 4) is 0 Å². The summed E-state index contributed by atoms with van der Waals surface area (Å²) >= 11 is 0. The maximum absolute atomic E-state index is 12.8. The number of rotatable bonds is 20. The van der Waals surface area contributed by atoms with Crippen LogP contribution in [-0.2, 0) is 9.53 Å². The molecule has 4 rings (SSSR count). The van der Waals surface area contributed by atoms with Crippen molar-refractivity contribution < 1.29 is 9.53 Å². The molecule has 0 bridgehead atoms. The SMILES string of the molecule is CCCCCCCCCCCCCCCC(=O)O[C@H]1CC[C@@]2(C)C(=CC[C@H]3[C@@H]4CC[C@H]([C@H](C)CCCC(C)C)[C@@]4(C)CC[C@@H]32)C1. The number of unbranched alkanes of at least 4 members (excludes halogenated alkanes) is 12. The Balaban J connectivity index is 1.14. The number of ether oxygens (including phenoxy) is 1. The highest BCUT2D eigenvalue weighted by Gasteiger charge is 2.59. The van der Waals surface area contributed by atoms with E-state index in [2.05, 4.69) is 47.6 Å². The quantitative estimate of drug-likeness (QED) is 0.0765. The Hall–Kier alpha value is -0.790. The number of carbonyl (C=O) groups excluding carboxylic acids is 1. The fraction of sp³-hybridized carbons (Fsp3) is 0.930. The van der Waals surface area contributed by atoms with E-state index in [1.165, 1.54) is 135 Å². The normalized spacial score (nSPS) is 33.3. The molecule has 0 aliphatic heterocycles. The Morgan fingerprint density at radius 2 is 1.42 bits per heavy atom. The van der Waals surface area contributed by atoms with Crippen LogP contribution in [0.5, 0.6) is 0 Å². The number of esters is 1. The van der Waals surface area contributed by atoms with Gasteiger partial charge in [0.2, 0.25) is 0 Å². The molecule has 4 aliphatic rings. The molecule has 3 fully saturated rings. The third kappa shape index (κ3) is 9.87. The van der Waals surface area contributed by atoms with Crippen molar-refractivity contribution in [3.05, 3.63) is 11.6 Å². The second kappa shape index (κ2) is 18.1. The summed E-state index contributed by atoms with van der Waals surface area (Å²) in [6, 6.07) is 0. The maximum Gasteiger partial charge on any atom is 0.306 e. The minimum Gasteiger partial charge on any atom is -0.462 e. The van der Waals surface area contributed by atoms with Crippen molar-refractivity contribution in [2.24, 2.45) is 46.3 Å². The highest BCUT2D eigenvalue weighted by Crippen LogP contribution is 2.67. The van der Waals surface area contributed by atoms with Gasteiger partial charge in [0.15, 0.2) is 0 Å². The van der Waals surface area contributed by atoms with Crippen molar-refractivity contribution in [1.29, 1.82) is 0 Å². The lowest BCUT2D eigenvalue weighted by Crippen LogP contribution is -2.51. The van der Waals surface area contributed by atoms with E-state index in [1.807, 2.05) is 0 Å². The highest BCUT2D eigenvalue weighted by atomic mass is 16.5. The molecule has 0 N–H and O–H groups in total. The molecule has 260 valence electrons. The summed E-state index contributed by atoms with van der Waals surface area (Å²) in [7, 11) is 0. The maximum atomic E-state index is 12.8. The molecular weight excluding hydrogens is 548 g/mol. The molecule has 0 unspecified atom stereocenters. The number of hydrogen-bond donors (Lipinski definition) is 0. The van der Waals surface area contributed by atoms with E-state index in [-0.39, 0.29) is 12.1 Å². The molecule has 0 aromatic rings. The number of hydrogen-bond acceptors (Lipinski definition) is 2. The van der Waals surface area contributed by atoms with Crippen LogP contribution >= 0.6 is 0 Å². The molecule has 0 aromatic carbocycles. The fourth-order valence-corrected chi connectivity index (χ4v) is 11.3. The van der Waals surface area contributed by atoms with Gasteiger partial charge in [-0.05, 0) is 97.7 Å². The van der Waals surface area contributed by atoms with Gasteiger partial charge in [-0.1, -0.05) is 150 Å². The molecule has 0 radical (unpaired) electrons. The van der Waals surface area contributed by atoms with E-state index in [0.717, 1.165) is 54.8 Å². The van der Waals surface area contributed by atoms with Gasteiger partial charge in [-0.3, -0.25) is 4.79 Å². The van der Waals surface area contributed by atoms with Gasteiger partial charge in [0.25, 0.3) is 0 Å². The van der Waals surface area contributed by atoms with Gasteiger partial charge >= 0.3 is 5.97 Å². The van der Waals surface area contributed by atoms with E-state index in [0.29, 0.717) is 17.3 Å². The Morgan fingerprint density at radius 3 is 2.07 bits per heavy atom. The van der Waals surface area contributed by atoms with Crippen LogP contribution in [0.15, 0.2) is 11.6 Å². The van der Waals surface area contributed by atoms with Gasteiger partial charge in [0.1, 0.15) is 6.10 Å². The number of fused-ring (bicyclic) bond motifs is 5. The molecule has 4 aliphatic carbocycles. The van der Waals surface area contributed by atoms with Gasteiger partial charge in [0, 0.05) is 12.8 Å². The van der Waals surface area contributed by atoms with Crippen LogP contribution in [0.3, 0.4) is 0 Å². The van der Waals surface area contributed by atoms with Crippen LogP contribution in [0.2, 0.25) is 0 Å². The second-order valence-corrected chi connectivity index (χ2v) is 17.6. The second-order valence-electron chi connectivity index (χ2n) is 17.6. The smallest absolute Gasteiger partial charge is 0.306 e. The molecule has 3 saturated carbocycles. The first-order valence-corrected chi connectivity index (χ1v) is 20.6. The zero-order valence-corrected chi connectivity index (χ0v) is 31.1. The Morgan fingerprint density at radius 1 is 0.778 bits per heavy atom. The van der Waals surface area contributed by atoms with Gasteiger partial charge in [0.05, 0.1) is 0 Å². The summed E-state index contributed by atoms with van der Waals surface area (Å²) < 4.78 is 6.12. The third-order valence-electron chi connectivity index (χ3n) is 14.0. The Labute approximate surface area is 281 Å². The zero-order chi connectivity index (χ0) is 32.3. The lowest BCUT2D eigenvalue weighted by molar-refractivity contribution is -0.151. The van der Waals surface area contributed by atoms with Gasteiger partial charge in [-0.2, -0.15) is 0 Å². The van der Waals surface area contributed by atoms with Crippen LogP contribution in [0.1, 0.15) is 202 Å². The van der Waals surface area contributed by atoms with E-state index in [4.69, 9.17) is 4.74 Å². The predicted octanol–water partition coefficient (Wildman–Crippen LogP) is 13.4. The van der Waals surface area contributed by atoms with E-state index in [1.54, 1.807) is 5.57 Å². The minimum atomic E-state index is 0.0638. The standard InChI is InChI=1S/C43H76O2/c1-7-8-9-10-11-12-13-14-15-16-17-18-19-23-41(44)45-36-28-30-42(5)35(32-36)24-25-37-39-27-26-38(34(4)22-20-21-33(2)3)43(39,6)31-29-40(37)42/h24,33-34,36-40H,7-23,25-32H2,1-6H3/t34-,36+,37+,38-,39+,40+,42+,43-/m1/s1. The summed E-state index contributed by atoms with van der Waals surface area (Å²) in [5, 5.41) is 0. The summed E-state index contributed by atoms with van der Waals surface area (Å²) in [5.74, 6) is 5.34. The molecule has 0 heterocycles. The predicted molar refractivity (Wildman–Crippen MR) is 193 cm³/mol. The van der Waals surface area contributed by atoms with Crippen LogP contribution in [0.4, 0.5) is 0 Å². The molecule has 0 aromatic heterocycles. The van der Waals surface area contributed by atoms with Crippen molar-refractivity contribution >= 4 is 5.97 Å². The number of allylic oxidation sites excluding steroid dienone is 1. The van der Waals surface area contributed by atoms with Gasteiger partial charge in [-0.15, -0.1) is 0 Å². The molecule has 2 heteroatoms. The van der Waals surface area contributed by atoms with Crippen molar-refractivity contribution in [1.82, 2.24) is 0 Å². The molecule has 45 heavy (non-hydrogen) atoms. The molecular formula is C43H76O2. The average molecular weight is 625 g/mol. The lowest BCUT2D eigenvalue weighted by atomic mass is 9.47. The summed E-state index contributed by atoms with van der Waals surface area (Å²) in [6.45, 7) is 14.9. The molecule has 0 amide bonds. The first kappa shape index (κ1) is 37.0. The molecule has 0 spiro atoms. The van der Waals surface area contributed by atoms with E-state index < -0.39 is 0 Å². The van der Waals surface area contributed by atoms with Crippen molar-refractivity contribution in [2.45, 2.75) is 208 Å². The van der Waals surface area contributed by atoms with Crippen molar-refractivity contribution in [2.75, 3.05) is 0 Å². The van der Waals surface area contributed by atoms with E-state index >= 15 is 0 Å². The van der Waals surface area contributed by atoms with Crippen LogP contribution < -0.4 is 0 Å². The zero-order valence-electron chi connectivity index (χ0n) is 31.1. The monoisotopic (exact) mass is 625 g/mol. The Kier molecular flexibility index (Phi) is 14.9. The topological polar surface area (TPSA) is 26.3 Å². The van der Waals surface area contributed by atoms with Crippen molar-refractivity contribution in [3.63, 3.8) is 0 Å². The molecule has 2 nitrogen and oxygen atoms in total. The molecule has 8 atom stereocenters. The fourth-order valence-electron chi connectivity index (χ4n) is 11.3. The van der Waals surface area contributed by atoms with Gasteiger partial charge in [-0.25, -0.2) is 0 Å². The van der Waals surface area contributed by atoms with Gasteiger partial charge < -0.3 is 4.74 Å². The summed E-state index contributed by atoms with van der Waals surface area (Å²) in [5.41, 5.74) is 2.54. The minimum absolute atomic E-state index is 0.0638. The Bertz CT molecular complexity index is 904.